The number of aliphatic imine (C=N–C) groups is 1. The first-order valence-corrected chi connectivity index (χ1v) is 11.3. The molecule has 0 saturated heterocycles. The van der Waals surface area contributed by atoms with E-state index in [1.165, 1.54) is 5.56 Å². The highest BCUT2D eigenvalue weighted by Gasteiger charge is 2.21. The van der Waals surface area contributed by atoms with Crippen LogP contribution in [0, 0.1) is 0 Å². The van der Waals surface area contributed by atoms with E-state index >= 15 is 0 Å². The number of hydrogen-bond donors (Lipinski definition) is 2. The van der Waals surface area contributed by atoms with Crippen LogP contribution in [0.2, 0.25) is 0 Å². The molecule has 2 aromatic rings. The topological polar surface area (TPSA) is 72.0 Å². The van der Waals surface area contributed by atoms with Crippen LogP contribution < -0.4 is 20.1 Å². The number of nitrogens with zero attached hydrogens (tertiary/aromatic N) is 1. The largest absolute Gasteiger partial charge is 0.494 e. The van der Waals surface area contributed by atoms with E-state index in [9.17, 15) is 4.21 Å². The first-order valence-electron chi connectivity index (χ1n) is 9.94. The Bertz CT molecular complexity index is 877. The minimum absolute atomic E-state index is 0. The van der Waals surface area contributed by atoms with Gasteiger partial charge < -0.3 is 20.1 Å². The predicted molar refractivity (Wildman–Crippen MR) is 133 cm³/mol. The Morgan fingerprint density at radius 1 is 1.27 bits per heavy atom. The van der Waals surface area contributed by atoms with Crippen molar-refractivity contribution in [2.75, 3.05) is 26.0 Å². The second-order valence-electron chi connectivity index (χ2n) is 6.85. The van der Waals surface area contributed by atoms with Crippen molar-refractivity contribution in [3.63, 3.8) is 0 Å². The molecule has 8 heteroatoms. The summed E-state index contributed by atoms with van der Waals surface area (Å²) < 4.78 is 24.0. The number of rotatable bonds is 8. The van der Waals surface area contributed by atoms with E-state index in [1.54, 1.807) is 7.05 Å². The van der Waals surface area contributed by atoms with Crippen molar-refractivity contribution in [1.82, 2.24) is 10.6 Å². The molecule has 3 rings (SSSR count). The smallest absolute Gasteiger partial charge is 0.191 e. The molecule has 2 aromatic carbocycles. The molecule has 0 radical (unpaired) electrons. The molecule has 30 heavy (non-hydrogen) atoms. The summed E-state index contributed by atoms with van der Waals surface area (Å²) in [6.07, 6.45) is 1.10. The predicted octanol–water partition coefficient (Wildman–Crippen LogP) is 3.50. The first kappa shape index (κ1) is 24.5. The number of ether oxygens (including phenoxy) is 2. The van der Waals surface area contributed by atoms with Crippen LogP contribution in [0.4, 0.5) is 0 Å². The minimum Gasteiger partial charge on any atom is -0.494 e. The Hall–Kier alpha value is -1.81. The van der Waals surface area contributed by atoms with Crippen molar-refractivity contribution in [3.8, 4) is 11.5 Å². The van der Waals surface area contributed by atoms with E-state index in [1.807, 2.05) is 37.3 Å². The molecule has 0 spiro atoms. The quantitative estimate of drug-likeness (QED) is 0.303. The number of halogens is 1. The van der Waals surface area contributed by atoms with Crippen molar-refractivity contribution >= 4 is 40.7 Å². The van der Waals surface area contributed by atoms with E-state index in [2.05, 4.69) is 34.7 Å². The SMILES string of the molecule is CCOc1cc2c(cc1CNC(=NC)NCCS(=O)c1ccccc1)OC(C)C2.I. The number of nitrogens with one attached hydrogen (secondary N) is 2. The van der Waals surface area contributed by atoms with Crippen molar-refractivity contribution in [2.45, 2.75) is 37.8 Å². The van der Waals surface area contributed by atoms with Gasteiger partial charge in [-0.05, 0) is 38.1 Å². The molecule has 1 aliphatic heterocycles. The third-order valence-electron chi connectivity index (χ3n) is 4.63. The fourth-order valence-electron chi connectivity index (χ4n) is 3.26. The number of hydrogen-bond acceptors (Lipinski definition) is 4. The van der Waals surface area contributed by atoms with Crippen LogP contribution in [-0.2, 0) is 23.8 Å². The van der Waals surface area contributed by atoms with Gasteiger partial charge in [0, 0.05) is 48.3 Å². The Balaban J connectivity index is 0.00000320. The van der Waals surface area contributed by atoms with E-state index < -0.39 is 10.8 Å². The fourth-order valence-corrected chi connectivity index (χ4v) is 4.25. The van der Waals surface area contributed by atoms with Gasteiger partial charge in [-0.25, -0.2) is 0 Å². The molecule has 0 bridgehead atoms. The van der Waals surface area contributed by atoms with Gasteiger partial charge in [-0.3, -0.25) is 9.20 Å². The molecule has 2 atom stereocenters. The van der Waals surface area contributed by atoms with Crippen LogP contribution in [0.25, 0.3) is 0 Å². The van der Waals surface area contributed by atoms with Gasteiger partial charge in [0.05, 0.1) is 17.4 Å². The van der Waals surface area contributed by atoms with Gasteiger partial charge >= 0.3 is 0 Å². The summed E-state index contributed by atoms with van der Waals surface area (Å²) in [6, 6.07) is 13.6. The Labute approximate surface area is 198 Å². The average molecular weight is 543 g/mol. The average Bonchev–Trinajstić information content (AvgIpc) is 3.10. The highest BCUT2D eigenvalue weighted by atomic mass is 127. The summed E-state index contributed by atoms with van der Waals surface area (Å²) in [5.41, 5.74) is 2.21. The van der Waals surface area contributed by atoms with Crippen molar-refractivity contribution in [1.29, 1.82) is 0 Å². The van der Waals surface area contributed by atoms with Gasteiger partial charge in [-0.2, -0.15) is 0 Å². The van der Waals surface area contributed by atoms with Gasteiger partial charge in [0.25, 0.3) is 0 Å². The lowest BCUT2D eigenvalue weighted by Gasteiger charge is -2.15. The molecular formula is C22H30IN3O3S. The zero-order valence-corrected chi connectivity index (χ0v) is 20.8. The molecular weight excluding hydrogens is 513 g/mol. The Morgan fingerprint density at radius 2 is 2.03 bits per heavy atom. The molecule has 6 nitrogen and oxygen atoms in total. The second-order valence-corrected chi connectivity index (χ2v) is 8.42. The third-order valence-corrected chi connectivity index (χ3v) is 6.01. The maximum atomic E-state index is 12.3. The van der Waals surface area contributed by atoms with Crippen LogP contribution in [0.3, 0.4) is 0 Å². The summed E-state index contributed by atoms with van der Waals surface area (Å²) >= 11 is 0. The van der Waals surface area contributed by atoms with Gasteiger partial charge in [-0.15, -0.1) is 24.0 Å². The first-order chi connectivity index (χ1) is 14.1. The summed E-state index contributed by atoms with van der Waals surface area (Å²) in [5.74, 6) is 2.97. The Morgan fingerprint density at radius 3 is 2.73 bits per heavy atom. The molecule has 0 aromatic heterocycles. The number of fused-ring (bicyclic) bond motifs is 1. The maximum Gasteiger partial charge on any atom is 0.191 e. The van der Waals surface area contributed by atoms with Gasteiger partial charge in [0.15, 0.2) is 5.96 Å². The monoisotopic (exact) mass is 543 g/mol. The van der Waals surface area contributed by atoms with Crippen molar-refractivity contribution in [2.24, 2.45) is 4.99 Å². The van der Waals surface area contributed by atoms with Crippen LogP contribution in [0.15, 0.2) is 52.4 Å². The highest BCUT2D eigenvalue weighted by Crippen LogP contribution is 2.35. The molecule has 1 aliphatic rings. The van der Waals surface area contributed by atoms with Gasteiger partial charge in [-0.1, -0.05) is 18.2 Å². The minimum atomic E-state index is -1.03. The van der Waals surface area contributed by atoms with Crippen molar-refractivity contribution < 1.29 is 13.7 Å². The standard InChI is InChI=1S/C22H29N3O3S.HI/c1-4-27-20-13-17-12-16(2)28-21(17)14-18(20)15-25-22(23-3)24-10-11-29(26)19-8-6-5-7-9-19;/h5-9,13-14,16H,4,10-12,15H2,1-3H3,(H2,23,24,25);1H. The zero-order valence-electron chi connectivity index (χ0n) is 17.6. The molecule has 0 saturated carbocycles. The van der Waals surface area contributed by atoms with E-state index in [4.69, 9.17) is 9.47 Å². The summed E-state index contributed by atoms with van der Waals surface area (Å²) in [5, 5.41) is 6.53. The van der Waals surface area contributed by atoms with Crippen LogP contribution in [0.5, 0.6) is 11.5 Å². The fraction of sp³-hybridized carbons (Fsp3) is 0.409. The lowest BCUT2D eigenvalue weighted by atomic mass is 10.1. The second kappa shape index (κ2) is 12.1. The molecule has 0 fully saturated rings. The molecule has 0 amide bonds. The zero-order chi connectivity index (χ0) is 20.6. The number of benzene rings is 2. The third kappa shape index (κ3) is 6.60. The lowest BCUT2D eigenvalue weighted by molar-refractivity contribution is 0.254. The molecule has 164 valence electrons. The Kier molecular flexibility index (Phi) is 9.90. The number of guanidine groups is 1. The van der Waals surface area contributed by atoms with Crippen LogP contribution in [0.1, 0.15) is 25.0 Å². The van der Waals surface area contributed by atoms with E-state index in [-0.39, 0.29) is 30.1 Å². The van der Waals surface area contributed by atoms with Gasteiger partial charge in [0.2, 0.25) is 0 Å². The van der Waals surface area contributed by atoms with Gasteiger partial charge in [0.1, 0.15) is 17.6 Å². The van der Waals surface area contributed by atoms with Crippen LogP contribution >= 0.6 is 24.0 Å². The molecule has 2 N–H and O–H groups in total. The lowest BCUT2D eigenvalue weighted by Crippen LogP contribution is -2.38. The summed E-state index contributed by atoms with van der Waals surface area (Å²) in [4.78, 5) is 5.10. The highest BCUT2D eigenvalue weighted by molar-refractivity contribution is 14.0. The summed E-state index contributed by atoms with van der Waals surface area (Å²) in [7, 11) is 0.689. The normalized spacial score (nSPS) is 16.1. The van der Waals surface area contributed by atoms with E-state index in [0.717, 1.165) is 28.4 Å². The molecule has 2 unspecified atom stereocenters. The van der Waals surface area contributed by atoms with Crippen LogP contribution in [-0.4, -0.2) is 42.2 Å². The molecule has 1 heterocycles. The van der Waals surface area contributed by atoms with Crippen molar-refractivity contribution in [3.05, 3.63) is 53.6 Å². The van der Waals surface area contributed by atoms with E-state index in [0.29, 0.717) is 31.4 Å². The maximum absolute atomic E-state index is 12.3. The molecule has 0 aliphatic carbocycles. The summed E-state index contributed by atoms with van der Waals surface area (Å²) in [6.45, 7) is 5.78.